The molecule has 1 aliphatic rings. The van der Waals surface area contributed by atoms with Crippen molar-refractivity contribution in [3.63, 3.8) is 0 Å². The summed E-state index contributed by atoms with van der Waals surface area (Å²) in [5, 5.41) is 2.17. The highest BCUT2D eigenvalue weighted by atomic mass is 32.1. The van der Waals surface area contributed by atoms with Crippen LogP contribution in [0, 0.1) is 5.41 Å². The Kier molecular flexibility index (Phi) is 4.61. The molecule has 2 aromatic rings. The van der Waals surface area contributed by atoms with E-state index in [-0.39, 0.29) is 16.9 Å². The number of benzene rings is 1. The summed E-state index contributed by atoms with van der Waals surface area (Å²) < 4.78 is 10.1. The normalized spacial score (nSPS) is 21.1. The van der Waals surface area contributed by atoms with Crippen LogP contribution in [0.4, 0.5) is 0 Å². The molecule has 0 aliphatic heterocycles. The third-order valence-corrected chi connectivity index (χ3v) is 6.10. The van der Waals surface area contributed by atoms with Gasteiger partial charge in [0.15, 0.2) is 0 Å². The lowest BCUT2D eigenvalue weighted by molar-refractivity contribution is 0.0905. The predicted molar refractivity (Wildman–Crippen MR) is 102 cm³/mol. The van der Waals surface area contributed by atoms with Crippen LogP contribution in [0.5, 0.6) is 0 Å². The first kappa shape index (κ1) is 17.6. The van der Waals surface area contributed by atoms with Crippen molar-refractivity contribution in [1.82, 2.24) is 4.37 Å². The Morgan fingerprint density at radius 3 is 2.50 bits per heavy atom. The summed E-state index contributed by atoms with van der Waals surface area (Å²) in [5.74, 6) is 0.570. The smallest absolute Gasteiger partial charge is 0.0830 e. The quantitative estimate of drug-likeness (QED) is 0.691. The summed E-state index contributed by atoms with van der Waals surface area (Å²) in [4.78, 5) is 0. The van der Waals surface area contributed by atoms with Crippen LogP contribution in [0.2, 0.25) is 0 Å². The van der Waals surface area contributed by atoms with Crippen LogP contribution in [0.1, 0.15) is 75.3 Å². The molecule has 0 saturated heterocycles. The van der Waals surface area contributed by atoms with Gasteiger partial charge in [-0.25, -0.2) is 4.37 Å². The molecule has 24 heavy (non-hydrogen) atoms. The maximum Gasteiger partial charge on any atom is 0.0830 e. The zero-order chi connectivity index (χ0) is 17.5. The molecular formula is C21H29NOS. The predicted octanol–water partition coefficient (Wildman–Crippen LogP) is 5.88. The van der Waals surface area contributed by atoms with Crippen molar-refractivity contribution >= 4 is 11.5 Å². The van der Waals surface area contributed by atoms with Crippen molar-refractivity contribution in [2.45, 2.75) is 64.9 Å². The molecule has 3 heteroatoms. The Hall–Kier alpha value is -1.19. The first-order chi connectivity index (χ1) is 11.2. The first-order valence-corrected chi connectivity index (χ1v) is 9.61. The van der Waals surface area contributed by atoms with Gasteiger partial charge in [0.1, 0.15) is 0 Å². The van der Waals surface area contributed by atoms with Gasteiger partial charge < -0.3 is 4.74 Å². The van der Waals surface area contributed by atoms with Crippen LogP contribution in [-0.2, 0) is 16.6 Å². The number of ether oxygens (including phenoxy) is 1. The molecule has 2 unspecified atom stereocenters. The Bertz CT molecular complexity index is 697. The van der Waals surface area contributed by atoms with E-state index in [1.54, 1.807) is 0 Å². The van der Waals surface area contributed by atoms with Gasteiger partial charge in [0.2, 0.25) is 0 Å². The van der Waals surface area contributed by atoms with Crippen LogP contribution in [-0.4, -0.2) is 11.5 Å². The van der Waals surface area contributed by atoms with E-state index in [1.807, 2.05) is 13.3 Å². The molecule has 0 N–H and O–H groups in total. The van der Waals surface area contributed by atoms with E-state index >= 15 is 0 Å². The van der Waals surface area contributed by atoms with E-state index in [9.17, 15) is 0 Å². The van der Waals surface area contributed by atoms with E-state index in [4.69, 9.17) is 4.74 Å². The number of nitrogens with zero attached hydrogens (tertiary/aromatic N) is 1. The molecule has 2 nitrogen and oxygen atoms in total. The molecular weight excluding hydrogens is 314 g/mol. The van der Waals surface area contributed by atoms with Crippen molar-refractivity contribution in [2.75, 3.05) is 7.11 Å². The minimum atomic E-state index is 0.103. The van der Waals surface area contributed by atoms with Gasteiger partial charge in [-0.2, -0.15) is 0 Å². The largest absolute Gasteiger partial charge is 0.377 e. The number of hydrogen-bond acceptors (Lipinski definition) is 3. The molecule has 1 aromatic heterocycles. The Labute approximate surface area is 150 Å². The zero-order valence-corrected chi connectivity index (χ0v) is 16.5. The van der Waals surface area contributed by atoms with Crippen molar-refractivity contribution in [3.8, 4) is 0 Å². The highest BCUT2D eigenvalue weighted by molar-refractivity contribution is 7.03. The molecule has 130 valence electrons. The third-order valence-electron chi connectivity index (χ3n) is 5.51. The number of aromatic nitrogens is 1. The van der Waals surface area contributed by atoms with Gasteiger partial charge in [-0.3, -0.25) is 0 Å². The second kappa shape index (κ2) is 6.27. The fraction of sp³-hybridized carbons (Fsp3) is 0.571. The van der Waals surface area contributed by atoms with Crippen LogP contribution < -0.4 is 0 Å². The van der Waals surface area contributed by atoms with E-state index in [1.165, 1.54) is 33.8 Å². The number of methoxy groups -OCH3 is 1. The zero-order valence-electron chi connectivity index (χ0n) is 15.7. The molecule has 0 amide bonds. The van der Waals surface area contributed by atoms with Crippen LogP contribution in [0.25, 0.3) is 0 Å². The average molecular weight is 344 g/mol. The molecule has 2 atom stereocenters. The van der Waals surface area contributed by atoms with Crippen LogP contribution in [0.15, 0.2) is 29.8 Å². The second-order valence-corrected chi connectivity index (χ2v) is 9.47. The van der Waals surface area contributed by atoms with E-state index < -0.39 is 0 Å². The summed E-state index contributed by atoms with van der Waals surface area (Å²) in [6, 6.07) is 7.05. The van der Waals surface area contributed by atoms with E-state index in [0.717, 1.165) is 12.8 Å². The molecule has 0 spiro atoms. The molecule has 1 aliphatic carbocycles. The highest BCUT2D eigenvalue weighted by Crippen LogP contribution is 2.50. The molecule has 3 rings (SSSR count). The van der Waals surface area contributed by atoms with Crippen molar-refractivity contribution in [1.29, 1.82) is 0 Å². The van der Waals surface area contributed by atoms with Gasteiger partial charge >= 0.3 is 0 Å². The fourth-order valence-electron chi connectivity index (χ4n) is 3.99. The molecule has 1 heterocycles. The standard InChI is InChI=1S/C21H29NOS/c1-20(2,3)18-10-19(23-6)17-9-14(7-8-16(17)18)11-21(4,5)15-12-22-24-13-15/h7-9,12-13,18-19H,10-11H2,1-6H3. The molecule has 1 aromatic carbocycles. The Balaban J connectivity index is 1.91. The minimum Gasteiger partial charge on any atom is -0.377 e. The van der Waals surface area contributed by atoms with Gasteiger partial charge in [0, 0.05) is 18.7 Å². The minimum absolute atomic E-state index is 0.103. The number of rotatable bonds is 4. The lowest BCUT2D eigenvalue weighted by atomic mass is 9.76. The molecule has 0 bridgehead atoms. The maximum absolute atomic E-state index is 5.81. The van der Waals surface area contributed by atoms with E-state index in [0.29, 0.717) is 5.92 Å². The lowest BCUT2D eigenvalue weighted by Crippen LogP contribution is -2.20. The first-order valence-electron chi connectivity index (χ1n) is 8.78. The summed E-state index contributed by atoms with van der Waals surface area (Å²) in [5.41, 5.74) is 5.96. The van der Waals surface area contributed by atoms with Crippen molar-refractivity contribution in [2.24, 2.45) is 5.41 Å². The summed E-state index contributed by atoms with van der Waals surface area (Å²) >= 11 is 1.53. The topological polar surface area (TPSA) is 22.1 Å². The summed E-state index contributed by atoms with van der Waals surface area (Å²) in [6.07, 6.45) is 4.35. The van der Waals surface area contributed by atoms with Gasteiger partial charge in [-0.05, 0) is 63.4 Å². The van der Waals surface area contributed by atoms with Crippen LogP contribution >= 0.6 is 11.5 Å². The second-order valence-electron chi connectivity index (χ2n) is 8.82. The summed E-state index contributed by atoms with van der Waals surface area (Å²) in [7, 11) is 1.84. The maximum atomic E-state index is 5.81. The monoisotopic (exact) mass is 343 g/mol. The van der Waals surface area contributed by atoms with E-state index in [2.05, 4.69) is 62.6 Å². The Morgan fingerprint density at radius 1 is 1.17 bits per heavy atom. The average Bonchev–Trinajstić information content (AvgIpc) is 3.13. The van der Waals surface area contributed by atoms with Crippen molar-refractivity contribution < 1.29 is 4.74 Å². The van der Waals surface area contributed by atoms with Crippen molar-refractivity contribution in [3.05, 3.63) is 52.0 Å². The SMILES string of the molecule is COC1CC(C(C)(C)C)c2ccc(CC(C)(C)c3cnsc3)cc21. The molecule has 0 radical (unpaired) electrons. The molecule has 0 fully saturated rings. The van der Waals surface area contributed by atoms with Crippen LogP contribution in [0.3, 0.4) is 0 Å². The van der Waals surface area contributed by atoms with Gasteiger partial charge in [-0.1, -0.05) is 52.8 Å². The highest BCUT2D eigenvalue weighted by Gasteiger charge is 2.38. The number of hydrogen-bond donors (Lipinski definition) is 0. The third kappa shape index (κ3) is 3.29. The van der Waals surface area contributed by atoms with Gasteiger partial charge in [0.05, 0.1) is 6.10 Å². The number of fused-ring (bicyclic) bond motifs is 1. The summed E-state index contributed by atoms with van der Waals surface area (Å²) in [6.45, 7) is 11.6. The fourth-order valence-corrected chi connectivity index (χ4v) is 4.72. The Morgan fingerprint density at radius 2 is 1.92 bits per heavy atom. The molecule has 0 saturated carbocycles. The lowest BCUT2D eigenvalue weighted by Gasteiger charge is -2.28. The van der Waals surface area contributed by atoms with Gasteiger partial charge in [0.25, 0.3) is 0 Å². The van der Waals surface area contributed by atoms with Gasteiger partial charge in [-0.15, -0.1) is 0 Å².